The number of hydrogen-bond acceptors (Lipinski definition) is 3. The predicted molar refractivity (Wildman–Crippen MR) is 61.9 cm³/mol. The van der Waals surface area contributed by atoms with E-state index in [1.807, 2.05) is 26.0 Å². The number of hydrazone groups is 1. The van der Waals surface area contributed by atoms with Crippen LogP contribution in [0.5, 0.6) is 0 Å². The smallest absolute Gasteiger partial charge is 0.161 e. The van der Waals surface area contributed by atoms with E-state index in [-0.39, 0.29) is 11.8 Å². The summed E-state index contributed by atoms with van der Waals surface area (Å²) < 4.78 is 24.9. The molecular weight excluding hydrogens is 212 g/mol. The van der Waals surface area contributed by atoms with Crippen LogP contribution in [-0.2, 0) is 9.84 Å². The third kappa shape index (κ3) is 3.81. The molecule has 2 atom stereocenters. The second-order valence-electron chi connectivity index (χ2n) is 4.78. The van der Waals surface area contributed by atoms with E-state index >= 15 is 0 Å². The summed E-state index contributed by atoms with van der Waals surface area (Å²) in [5.74, 6) is 1.22. The fourth-order valence-electron chi connectivity index (χ4n) is 2.21. The summed E-state index contributed by atoms with van der Waals surface area (Å²) >= 11 is 0. The van der Waals surface area contributed by atoms with Crippen LogP contribution in [0.2, 0.25) is 0 Å². The SMILES string of the molecule is C=[N+](C)N(C)CC1CC(C)CS(=O)(=O)C1. The number of hydrogen-bond donors (Lipinski definition) is 0. The van der Waals surface area contributed by atoms with Gasteiger partial charge < -0.3 is 0 Å². The van der Waals surface area contributed by atoms with Crippen LogP contribution in [0.15, 0.2) is 0 Å². The van der Waals surface area contributed by atoms with Crippen molar-refractivity contribution in [2.75, 3.05) is 32.1 Å². The van der Waals surface area contributed by atoms with Crippen molar-refractivity contribution in [3.8, 4) is 0 Å². The summed E-state index contributed by atoms with van der Waals surface area (Å²) in [7, 11) is 0.973. The fourth-order valence-corrected chi connectivity index (χ4v) is 4.30. The Kier molecular flexibility index (Phi) is 3.76. The van der Waals surface area contributed by atoms with Crippen molar-refractivity contribution in [1.29, 1.82) is 0 Å². The minimum absolute atomic E-state index is 0.243. The third-order valence-electron chi connectivity index (χ3n) is 2.87. The van der Waals surface area contributed by atoms with Gasteiger partial charge in [-0.3, -0.25) is 0 Å². The van der Waals surface area contributed by atoms with Gasteiger partial charge in [0.1, 0.15) is 0 Å². The summed E-state index contributed by atoms with van der Waals surface area (Å²) in [6.07, 6.45) is 0.997. The van der Waals surface area contributed by atoms with Gasteiger partial charge in [0.05, 0.1) is 25.1 Å². The summed E-state index contributed by atoms with van der Waals surface area (Å²) in [5, 5.41) is 1.96. The van der Waals surface area contributed by atoms with Crippen molar-refractivity contribution >= 4 is 16.6 Å². The van der Waals surface area contributed by atoms with Crippen molar-refractivity contribution < 1.29 is 13.1 Å². The molecule has 1 fully saturated rings. The Balaban J connectivity index is 2.60. The van der Waals surface area contributed by atoms with Gasteiger partial charge in [-0.25, -0.2) is 8.42 Å². The molecule has 0 radical (unpaired) electrons. The molecule has 1 heterocycles. The van der Waals surface area contributed by atoms with Gasteiger partial charge in [0, 0.05) is 0 Å². The first-order chi connectivity index (χ1) is 6.80. The lowest BCUT2D eigenvalue weighted by Crippen LogP contribution is -2.39. The summed E-state index contributed by atoms with van der Waals surface area (Å²) in [6.45, 7) is 6.55. The molecule has 2 unspecified atom stereocenters. The Hall–Kier alpha value is -0.580. The number of rotatable bonds is 3. The van der Waals surface area contributed by atoms with E-state index in [1.54, 1.807) is 4.68 Å². The Labute approximate surface area is 92.5 Å². The van der Waals surface area contributed by atoms with E-state index in [2.05, 4.69) is 6.72 Å². The van der Waals surface area contributed by atoms with Gasteiger partial charge in [-0.2, -0.15) is 5.01 Å². The molecule has 4 nitrogen and oxygen atoms in total. The standard InChI is InChI=1S/C10H21N2O2S/c1-9-5-10(6-12(4)11(2)3)8-15(13,14)7-9/h9-10H,2,5-8H2,1,3-4H3/q+1. The lowest BCUT2D eigenvalue weighted by atomic mass is 9.98. The van der Waals surface area contributed by atoms with Crippen molar-refractivity contribution in [3.05, 3.63) is 0 Å². The highest BCUT2D eigenvalue weighted by molar-refractivity contribution is 7.91. The molecule has 0 spiro atoms. The summed E-state index contributed by atoms with van der Waals surface area (Å²) in [5.41, 5.74) is 0. The molecule has 0 amide bonds. The molecule has 1 aliphatic rings. The molecule has 1 saturated heterocycles. The lowest BCUT2D eigenvalue weighted by molar-refractivity contribution is -0.656. The second-order valence-corrected chi connectivity index (χ2v) is 6.94. The first-order valence-electron chi connectivity index (χ1n) is 5.26. The highest BCUT2D eigenvalue weighted by Crippen LogP contribution is 2.23. The van der Waals surface area contributed by atoms with E-state index in [1.165, 1.54) is 0 Å². The molecule has 0 aromatic heterocycles. The fraction of sp³-hybridized carbons (Fsp3) is 0.900. The van der Waals surface area contributed by atoms with E-state index in [9.17, 15) is 8.42 Å². The maximum Gasteiger partial charge on any atom is 0.161 e. The van der Waals surface area contributed by atoms with E-state index < -0.39 is 9.84 Å². The topological polar surface area (TPSA) is 40.4 Å². The van der Waals surface area contributed by atoms with Gasteiger partial charge in [0.2, 0.25) is 0 Å². The highest BCUT2D eigenvalue weighted by Gasteiger charge is 2.30. The maximum absolute atomic E-state index is 11.6. The van der Waals surface area contributed by atoms with E-state index in [0.29, 0.717) is 11.5 Å². The molecule has 15 heavy (non-hydrogen) atoms. The molecule has 0 aromatic rings. The molecule has 0 saturated carbocycles. The highest BCUT2D eigenvalue weighted by atomic mass is 32.2. The molecule has 1 aliphatic heterocycles. The molecule has 5 heteroatoms. The predicted octanol–water partition coefficient (Wildman–Crippen LogP) is 0.247. The first-order valence-corrected chi connectivity index (χ1v) is 7.08. The van der Waals surface area contributed by atoms with Crippen LogP contribution < -0.4 is 0 Å². The third-order valence-corrected chi connectivity index (χ3v) is 4.93. The van der Waals surface area contributed by atoms with Gasteiger partial charge in [-0.15, -0.1) is 4.68 Å². The van der Waals surface area contributed by atoms with E-state index in [4.69, 9.17) is 0 Å². The minimum atomic E-state index is -2.82. The number of sulfone groups is 1. The summed E-state index contributed by atoms with van der Waals surface area (Å²) in [4.78, 5) is 0. The second kappa shape index (κ2) is 4.51. The van der Waals surface area contributed by atoms with Crippen molar-refractivity contribution in [2.24, 2.45) is 11.8 Å². The summed E-state index contributed by atoms with van der Waals surface area (Å²) in [6, 6.07) is 0. The molecule has 0 N–H and O–H groups in total. The first kappa shape index (κ1) is 12.5. The monoisotopic (exact) mass is 233 g/mol. The minimum Gasteiger partial charge on any atom is -0.229 e. The van der Waals surface area contributed by atoms with Crippen LogP contribution in [0.1, 0.15) is 13.3 Å². The molecule has 0 bridgehead atoms. The number of hydrazine groups is 1. The van der Waals surface area contributed by atoms with Crippen molar-refractivity contribution in [1.82, 2.24) is 5.01 Å². The molecule has 0 aliphatic carbocycles. The van der Waals surface area contributed by atoms with Gasteiger partial charge in [0.25, 0.3) is 0 Å². The van der Waals surface area contributed by atoms with Crippen molar-refractivity contribution in [2.45, 2.75) is 13.3 Å². The van der Waals surface area contributed by atoms with Crippen LogP contribution in [0.3, 0.4) is 0 Å². The van der Waals surface area contributed by atoms with Gasteiger partial charge in [-0.05, 0) is 18.3 Å². The Bertz CT molecular complexity index is 337. The molecular formula is C10H21N2O2S+. The van der Waals surface area contributed by atoms with Crippen LogP contribution >= 0.6 is 0 Å². The van der Waals surface area contributed by atoms with Crippen LogP contribution in [0, 0.1) is 11.8 Å². The van der Waals surface area contributed by atoms with Gasteiger partial charge in [-0.1, -0.05) is 6.92 Å². The van der Waals surface area contributed by atoms with Crippen LogP contribution in [0.4, 0.5) is 0 Å². The van der Waals surface area contributed by atoms with E-state index in [0.717, 1.165) is 13.0 Å². The average Bonchev–Trinajstić information content (AvgIpc) is 1.99. The largest absolute Gasteiger partial charge is 0.229 e. The molecule has 1 rings (SSSR count). The normalized spacial score (nSPS) is 29.8. The van der Waals surface area contributed by atoms with Gasteiger partial charge in [0.15, 0.2) is 23.6 Å². The average molecular weight is 233 g/mol. The Morgan fingerprint density at radius 1 is 1.47 bits per heavy atom. The Morgan fingerprint density at radius 3 is 2.53 bits per heavy atom. The van der Waals surface area contributed by atoms with Crippen molar-refractivity contribution in [3.63, 3.8) is 0 Å². The van der Waals surface area contributed by atoms with Gasteiger partial charge >= 0.3 is 0 Å². The zero-order chi connectivity index (χ0) is 11.6. The Morgan fingerprint density at radius 2 is 2.07 bits per heavy atom. The molecule has 0 aromatic carbocycles. The lowest BCUT2D eigenvalue weighted by Gasteiger charge is -2.28. The molecule has 88 valence electrons. The quantitative estimate of drug-likeness (QED) is 0.398. The maximum atomic E-state index is 11.6. The number of nitrogens with zero attached hydrogens (tertiary/aromatic N) is 2. The zero-order valence-electron chi connectivity index (χ0n) is 9.81. The zero-order valence-corrected chi connectivity index (χ0v) is 10.6. The van der Waals surface area contributed by atoms with Crippen LogP contribution in [-0.4, -0.2) is 57.0 Å². The van der Waals surface area contributed by atoms with Crippen LogP contribution in [0.25, 0.3) is 0 Å².